The van der Waals surface area contributed by atoms with Crippen LogP contribution in [0.4, 0.5) is 5.69 Å². The first-order valence-electron chi connectivity index (χ1n) is 11.8. The average molecular weight is 520 g/mol. The summed E-state index contributed by atoms with van der Waals surface area (Å²) in [5, 5.41) is 14.1. The number of nitriles is 1. The Labute approximate surface area is 217 Å². The summed E-state index contributed by atoms with van der Waals surface area (Å²) in [7, 11) is 1.62. The predicted molar refractivity (Wildman–Crippen MR) is 132 cm³/mol. The second-order valence-corrected chi connectivity index (χ2v) is 9.41. The summed E-state index contributed by atoms with van der Waals surface area (Å²) in [6, 6.07) is 14.2. The molecule has 6 rings (SSSR count). The Bertz CT molecular complexity index is 1450. The first-order chi connectivity index (χ1) is 17.9. The van der Waals surface area contributed by atoms with Crippen molar-refractivity contribution < 1.29 is 23.8 Å². The highest BCUT2D eigenvalue weighted by atomic mass is 35.5. The Balaban J connectivity index is 1.26. The van der Waals surface area contributed by atoms with E-state index >= 15 is 0 Å². The van der Waals surface area contributed by atoms with Crippen LogP contribution in [0.2, 0.25) is 5.15 Å². The molecule has 37 heavy (non-hydrogen) atoms. The highest BCUT2D eigenvalue weighted by Crippen LogP contribution is 2.43. The van der Waals surface area contributed by atoms with Crippen molar-refractivity contribution in [2.75, 3.05) is 31.7 Å². The summed E-state index contributed by atoms with van der Waals surface area (Å²) >= 11 is 6.60. The number of aromatic nitrogens is 2. The van der Waals surface area contributed by atoms with E-state index < -0.39 is 12.1 Å². The van der Waals surface area contributed by atoms with Crippen molar-refractivity contribution in [2.45, 2.75) is 25.1 Å². The van der Waals surface area contributed by atoms with Crippen LogP contribution in [0, 0.1) is 11.3 Å². The van der Waals surface area contributed by atoms with Gasteiger partial charge in [-0.1, -0.05) is 41.9 Å². The SMILES string of the molecule is CN1C(=O)[C@@H](N2CCc3c(nn(Cc4ccccc4)c3Cl)C2=O)COc2cc3c(cc21)OC(C#N)CO3. The van der Waals surface area contributed by atoms with Gasteiger partial charge in [-0.25, -0.2) is 4.68 Å². The van der Waals surface area contributed by atoms with Crippen LogP contribution >= 0.6 is 11.6 Å². The lowest BCUT2D eigenvalue weighted by Crippen LogP contribution is -2.54. The lowest BCUT2D eigenvalue weighted by molar-refractivity contribution is -0.123. The second kappa shape index (κ2) is 9.01. The van der Waals surface area contributed by atoms with Gasteiger partial charge in [0.1, 0.15) is 36.2 Å². The summed E-state index contributed by atoms with van der Waals surface area (Å²) < 4.78 is 18.9. The fourth-order valence-corrected chi connectivity index (χ4v) is 5.12. The topological polar surface area (TPSA) is 110 Å². The lowest BCUT2D eigenvalue weighted by atomic mass is 10.0. The number of carbonyl (C=O) groups is 2. The number of halogens is 1. The van der Waals surface area contributed by atoms with Crippen LogP contribution in [0.25, 0.3) is 0 Å². The minimum atomic E-state index is -0.859. The van der Waals surface area contributed by atoms with Gasteiger partial charge in [0.25, 0.3) is 11.8 Å². The zero-order valence-electron chi connectivity index (χ0n) is 19.9. The Kier molecular flexibility index (Phi) is 5.65. The number of benzene rings is 2. The molecule has 0 saturated heterocycles. The highest BCUT2D eigenvalue weighted by molar-refractivity contribution is 6.31. The predicted octanol–water partition coefficient (Wildman–Crippen LogP) is 2.67. The molecule has 0 spiro atoms. The molecule has 2 aromatic carbocycles. The standard InChI is InChI=1S/C26H22ClN5O5/c1-30-18-9-22-21(35-13-16(11-28)37-22)10-20(18)36-14-19(25(30)33)31-8-7-17-23(26(31)34)29-32(24(17)27)12-15-5-3-2-4-6-15/h2-6,9-10,16,19H,7-8,12-14H2,1H3/t16?,19-/m0/s1. The van der Waals surface area contributed by atoms with E-state index in [0.29, 0.717) is 53.2 Å². The van der Waals surface area contributed by atoms with Crippen LogP contribution < -0.4 is 19.1 Å². The Morgan fingerprint density at radius 1 is 1.11 bits per heavy atom. The fourth-order valence-electron chi connectivity index (χ4n) is 4.84. The minimum Gasteiger partial charge on any atom is -0.489 e. The van der Waals surface area contributed by atoms with Crippen LogP contribution in [0.5, 0.6) is 17.2 Å². The van der Waals surface area contributed by atoms with Crippen molar-refractivity contribution in [2.24, 2.45) is 0 Å². The number of nitrogens with zero attached hydrogens (tertiary/aromatic N) is 5. The van der Waals surface area contributed by atoms with Gasteiger partial charge in [0.2, 0.25) is 6.10 Å². The summed E-state index contributed by atoms with van der Waals surface area (Å²) in [5.41, 5.74) is 2.42. The maximum Gasteiger partial charge on any atom is 0.275 e. The van der Waals surface area contributed by atoms with E-state index in [-0.39, 0.29) is 30.7 Å². The number of carbonyl (C=O) groups excluding carboxylic acids is 2. The molecule has 2 amide bonds. The molecule has 11 heteroatoms. The molecule has 3 aromatic rings. The van der Waals surface area contributed by atoms with Crippen LogP contribution in [0.15, 0.2) is 42.5 Å². The number of amides is 2. The number of ether oxygens (including phenoxy) is 3. The first kappa shape index (κ1) is 23.2. The molecule has 188 valence electrons. The van der Waals surface area contributed by atoms with Crippen LogP contribution in [-0.4, -0.2) is 65.4 Å². The van der Waals surface area contributed by atoms with Crippen molar-refractivity contribution in [1.29, 1.82) is 5.26 Å². The van der Waals surface area contributed by atoms with Gasteiger partial charge < -0.3 is 24.0 Å². The zero-order valence-corrected chi connectivity index (χ0v) is 20.6. The van der Waals surface area contributed by atoms with E-state index in [1.54, 1.807) is 23.9 Å². The van der Waals surface area contributed by atoms with Gasteiger partial charge >= 0.3 is 0 Å². The van der Waals surface area contributed by atoms with Crippen LogP contribution in [0.1, 0.15) is 21.6 Å². The number of likely N-dealkylation sites (N-methyl/N-ethyl adjacent to an activating group) is 1. The normalized spacial score (nSPS) is 20.5. The smallest absolute Gasteiger partial charge is 0.275 e. The second-order valence-electron chi connectivity index (χ2n) is 9.05. The number of rotatable bonds is 3. The van der Waals surface area contributed by atoms with Crippen LogP contribution in [0.3, 0.4) is 0 Å². The fraction of sp³-hybridized carbons (Fsp3) is 0.308. The summed E-state index contributed by atoms with van der Waals surface area (Å²) in [5.74, 6) is 0.548. The van der Waals surface area contributed by atoms with E-state index in [1.165, 1.54) is 9.80 Å². The van der Waals surface area contributed by atoms with E-state index in [2.05, 4.69) is 5.10 Å². The minimum absolute atomic E-state index is 0.0316. The van der Waals surface area contributed by atoms with Crippen molar-refractivity contribution in [3.63, 3.8) is 0 Å². The molecule has 0 fully saturated rings. The van der Waals surface area contributed by atoms with Gasteiger partial charge in [-0.15, -0.1) is 0 Å². The third kappa shape index (κ3) is 3.92. The molecule has 1 aromatic heterocycles. The third-order valence-electron chi connectivity index (χ3n) is 6.80. The van der Waals surface area contributed by atoms with E-state index in [1.807, 2.05) is 36.4 Å². The van der Waals surface area contributed by atoms with Gasteiger partial charge in [-0.3, -0.25) is 9.59 Å². The number of hydrogen-bond acceptors (Lipinski definition) is 7. The first-order valence-corrected chi connectivity index (χ1v) is 12.2. The maximum absolute atomic E-state index is 13.5. The summed E-state index contributed by atoms with van der Waals surface area (Å²) in [6.45, 7) is 0.810. The molecule has 3 aliphatic heterocycles. The Hall–Kier alpha value is -4.23. The van der Waals surface area contributed by atoms with Gasteiger partial charge in [-0.2, -0.15) is 10.4 Å². The van der Waals surface area contributed by atoms with Crippen LogP contribution in [-0.2, 0) is 17.8 Å². The molecule has 0 bridgehead atoms. The largest absolute Gasteiger partial charge is 0.489 e. The molecular weight excluding hydrogens is 498 g/mol. The number of hydrogen-bond donors (Lipinski definition) is 0. The maximum atomic E-state index is 13.5. The van der Waals surface area contributed by atoms with Crippen molar-refractivity contribution in [3.05, 3.63) is 64.4 Å². The average Bonchev–Trinajstić information content (AvgIpc) is 3.18. The molecule has 4 heterocycles. The van der Waals surface area contributed by atoms with E-state index in [9.17, 15) is 9.59 Å². The quantitative estimate of drug-likeness (QED) is 0.523. The molecule has 2 atom stereocenters. The molecule has 0 saturated carbocycles. The van der Waals surface area contributed by atoms with Crippen molar-refractivity contribution in [3.8, 4) is 23.3 Å². The lowest BCUT2D eigenvalue weighted by Gasteiger charge is -2.33. The van der Waals surface area contributed by atoms with Gasteiger partial charge in [0, 0.05) is 31.3 Å². The molecule has 0 N–H and O–H groups in total. The van der Waals surface area contributed by atoms with Gasteiger partial charge in [0.15, 0.2) is 17.2 Å². The number of fused-ring (bicyclic) bond motifs is 3. The Morgan fingerprint density at radius 2 is 1.89 bits per heavy atom. The van der Waals surface area contributed by atoms with Gasteiger partial charge in [-0.05, 0) is 12.0 Å². The molecule has 1 unspecified atom stereocenters. The zero-order chi connectivity index (χ0) is 25.7. The monoisotopic (exact) mass is 519 g/mol. The molecule has 0 aliphatic carbocycles. The van der Waals surface area contributed by atoms with Crippen molar-refractivity contribution in [1.82, 2.24) is 14.7 Å². The Morgan fingerprint density at radius 3 is 2.68 bits per heavy atom. The molecule has 10 nitrogen and oxygen atoms in total. The van der Waals surface area contributed by atoms with E-state index in [4.69, 9.17) is 31.1 Å². The van der Waals surface area contributed by atoms with Gasteiger partial charge in [0.05, 0.1) is 12.2 Å². The van der Waals surface area contributed by atoms with E-state index in [0.717, 1.165) is 5.56 Å². The summed E-state index contributed by atoms with van der Waals surface area (Å²) in [4.78, 5) is 30.0. The molecular formula is C26H22ClN5O5. The third-order valence-corrected chi connectivity index (χ3v) is 7.23. The molecule has 0 radical (unpaired) electrons. The van der Waals surface area contributed by atoms with Crippen molar-refractivity contribution >= 4 is 29.1 Å². The number of anilines is 1. The highest BCUT2D eigenvalue weighted by Gasteiger charge is 2.41. The summed E-state index contributed by atoms with van der Waals surface area (Å²) in [6.07, 6.45) is -0.264. The molecule has 3 aliphatic rings.